The molecule has 1 saturated heterocycles. The number of nitrogens with zero attached hydrogens (tertiary/aromatic N) is 2. The minimum Gasteiger partial charge on any atom is -0.454 e. The molecule has 2 atom stereocenters. The van der Waals surface area contributed by atoms with E-state index in [0.29, 0.717) is 41.6 Å². The monoisotopic (exact) mass is 370 g/mol. The van der Waals surface area contributed by atoms with E-state index in [4.69, 9.17) is 18.9 Å². The van der Waals surface area contributed by atoms with E-state index in [9.17, 15) is 10.4 Å². The van der Waals surface area contributed by atoms with Crippen LogP contribution in [0.4, 0.5) is 0 Å². The molecule has 0 saturated carbocycles. The molecule has 27 heavy (non-hydrogen) atoms. The van der Waals surface area contributed by atoms with Gasteiger partial charge in [-0.1, -0.05) is 17.3 Å². The molecule has 5 rings (SSSR count). The van der Waals surface area contributed by atoms with Crippen molar-refractivity contribution in [1.29, 1.82) is 0 Å². The van der Waals surface area contributed by atoms with Crippen molar-refractivity contribution in [2.75, 3.05) is 13.6 Å². The van der Waals surface area contributed by atoms with E-state index in [1.807, 2.05) is 36.4 Å². The molecular weight excluding hydrogens is 352 g/mol. The second kappa shape index (κ2) is 6.33. The van der Waals surface area contributed by atoms with E-state index in [1.165, 1.54) is 5.06 Å². The maximum Gasteiger partial charge on any atom is 0.231 e. The lowest BCUT2D eigenvalue weighted by molar-refractivity contribution is -0.167. The van der Waals surface area contributed by atoms with Crippen molar-refractivity contribution in [2.45, 2.75) is 24.9 Å². The molecule has 1 fully saturated rings. The molecule has 8 heteroatoms. The molecule has 0 aliphatic carbocycles. The Kier molecular flexibility index (Phi) is 3.80. The van der Waals surface area contributed by atoms with Crippen LogP contribution in [0.3, 0.4) is 0 Å². The van der Waals surface area contributed by atoms with Gasteiger partial charge in [0.15, 0.2) is 23.0 Å². The van der Waals surface area contributed by atoms with Gasteiger partial charge in [0.1, 0.15) is 0 Å². The number of rotatable bonds is 2. The Morgan fingerprint density at radius 2 is 1.26 bits per heavy atom. The number of hydroxylamine groups is 2. The molecule has 0 radical (unpaired) electrons. The molecule has 0 aromatic heterocycles. The van der Waals surface area contributed by atoms with Gasteiger partial charge in [-0.25, -0.2) is 0 Å². The first-order chi connectivity index (χ1) is 13.2. The Balaban J connectivity index is 1.49. The summed E-state index contributed by atoms with van der Waals surface area (Å²) in [7, 11) is 0. The van der Waals surface area contributed by atoms with Gasteiger partial charge >= 0.3 is 0 Å². The van der Waals surface area contributed by atoms with Gasteiger partial charge in [0.25, 0.3) is 0 Å². The van der Waals surface area contributed by atoms with E-state index in [2.05, 4.69) is 5.16 Å². The topological polar surface area (TPSA) is 93.0 Å². The fourth-order valence-corrected chi connectivity index (χ4v) is 3.80. The Morgan fingerprint density at radius 3 is 1.74 bits per heavy atom. The molecule has 2 aromatic rings. The lowest BCUT2D eigenvalue weighted by Gasteiger charge is -2.38. The molecule has 0 bridgehead atoms. The number of hydrogen-bond donors (Lipinski definition) is 2. The van der Waals surface area contributed by atoms with Crippen LogP contribution in [0.2, 0.25) is 0 Å². The van der Waals surface area contributed by atoms with Gasteiger partial charge in [0.05, 0.1) is 17.8 Å². The van der Waals surface area contributed by atoms with Crippen LogP contribution >= 0.6 is 0 Å². The normalized spacial score (nSPS) is 23.5. The van der Waals surface area contributed by atoms with Gasteiger partial charge in [-0.2, -0.15) is 5.06 Å². The number of hydrogen-bond acceptors (Lipinski definition) is 8. The van der Waals surface area contributed by atoms with Crippen LogP contribution in [0.1, 0.15) is 36.1 Å². The summed E-state index contributed by atoms with van der Waals surface area (Å²) < 4.78 is 21.6. The Bertz CT molecular complexity index is 846. The average Bonchev–Trinajstić information content (AvgIpc) is 3.36. The van der Waals surface area contributed by atoms with Crippen LogP contribution in [0.15, 0.2) is 41.6 Å². The molecule has 2 aromatic carbocycles. The third kappa shape index (κ3) is 2.73. The zero-order chi connectivity index (χ0) is 18.4. The molecular formula is C19H18N2O6. The van der Waals surface area contributed by atoms with Crippen molar-refractivity contribution < 1.29 is 29.4 Å². The first-order valence-corrected chi connectivity index (χ1v) is 8.69. The second-order valence-electron chi connectivity index (χ2n) is 6.71. The summed E-state index contributed by atoms with van der Waals surface area (Å²) in [5.41, 5.74) is 2.33. The van der Waals surface area contributed by atoms with Crippen molar-refractivity contribution in [3.8, 4) is 23.0 Å². The van der Waals surface area contributed by atoms with Gasteiger partial charge in [0.2, 0.25) is 13.6 Å². The van der Waals surface area contributed by atoms with Crippen molar-refractivity contribution in [3.63, 3.8) is 0 Å². The highest BCUT2D eigenvalue weighted by molar-refractivity contribution is 5.86. The van der Waals surface area contributed by atoms with Crippen LogP contribution in [0, 0.1) is 0 Å². The van der Waals surface area contributed by atoms with E-state index in [1.54, 1.807) is 0 Å². The number of piperidine rings is 1. The molecule has 8 nitrogen and oxygen atoms in total. The summed E-state index contributed by atoms with van der Waals surface area (Å²) in [6, 6.07) is 10.4. The Hall–Kier alpha value is -2.97. The fourth-order valence-electron chi connectivity index (χ4n) is 3.80. The van der Waals surface area contributed by atoms with E-state index < -0.39 is 0 Å². The maximum absolute atomic E-state index is 11.0. The summed E-state index contributed by atoms with van der Waals surface area (Å²) in [5.74, 6) is 2.66. The third-order valence-corrected chi connectivity index (χ3v) is 5.20. The predicted molar refractivity (Wildman–Crippen MR) is 92.7 cm³/mol. The van der Waals surface area contributed by atoms with E-state index in [-0.39, 0.29) is 25.7 Å². The number of oxime groups is 1. The summed E-state index contributed by atoms with van der Waals surface area (Å²) in [6.07, 6.45) is 0.821. The first kappa shape index (κ1) is 16.2. The first-order valence-electron chi connectivity index (χ1n) is 8.69. The summed E-state index contributed by atoms with van der Waals surface area (Å²) in [5, 5.41) is 25.2. The average molecular weight is 370 g/mol. The predicted octanol–water partition coefficient (Wildman–Crippen LogP) is 3.24. The maximum atomic E-state index is 11.0. The van der Waals surface area contributed by atoms with Gasteiger partial charge in [0, 0.05) is 12.8 Å². The Labute approximate surface area is 155 Å². The van der Waals surface area contributed by atoms with Gasteiger partial charge < -0.3 is 29.4 Å². The molecule has 0 unspecified atom stereocenters. The second-order valence-corrected chi connectivity index (χ2v) is 6.71. The van der Waals surface area contributed by atoms with Crippen LogP contribution < -0.4 is 18.9 Å². The molecule has 0 spiro atoms. The standard InChI is InChI=1S/C19H18N2O6/c22-20-13-7-14(11-1-3-16-18(5-11)26-9-24-16)21(23)15(8-13)12-2-4-17-19(6-12)27-10-25-17/h1-6,14-15,22-23H,7-10H2/t14-,15-/m0/s1. The largest absolute Gasteiger partial charge is 0.454 e. The van der Waals surface area contributed by atoms with E-state index >= 15 is 0 Å². The summed E-state index contributed by atoms with van der Waals surface area (Å²) in [4.78, 5) is 0. The molecule has 2 N–H and O–H groups in total. The highest BCUT2D eigenvalue weighted by atomic mass is 16.7. The lowest BCUT2D eigenvalue weighted by atomic mass is 9.88. The van der Waals surface area contributed by atoms with Gasteiger partial charge in [-0.05, 0) is 35.4 Å². The molecule has 3 aliphatic heterocycles. The molecule has 0 amide bonds. The third-order valence-electron chi connectivity index (χ3n) is 5.20. The SMILES string of the molecule is ON=C1C[C@@H](c2ccc3c(c2)OCO3)N(O)[C@H](c2ccc3c(c2)OCO3)C1. The minimum atomic E-state index is -0.380. The van der Waals surface area contributed by atoms with Crippen molar-refractivity contribution in [3.05, 3.63) is 47.5 Å². The van der Waals surface area contributed by atoms with Gasteiger partial charge in [-0.15, -0.1) is 0 Å². The van der Waals surface area contributed by atoms with Crippen LogP contribution in [-0.2, 0) is 0 Å². The lowest BCUT2D eigenvalue weighted by Crippen LogP contribution is -2.37. The highest BCUT2D eigenvalue weighted by Crippen LogP contribution is 2.44. The number of fused-ring (bicyclic) bond motifs is 2. The van der Waals surface area contributed by atoms with Crippen molar-refractivity contribution in [2.24, 2.45) is 5.16 Å². The number of ether oxygens (including phenoxy) is 4. The molecule has 3 aliphatic rings. The van der Waals surface area contributed by atoms with Crippen molar-refractivity contribution in [1.82, 2.24) is 5.06 Å². The molecule has 3 heterocycles. The fraction of sp³-hybridized carbons (Fsp3) is 0.316. The summed E-state index contributed by atoms with van der Waals surface area (Å²) >= 11 is 0. The zero-order valence-corrected chi connectivity index (χ0v) is 14.4. The minimum absolute atomic E-state index is 0.190. The summed E-state index contributed by atoms with van der Waals surface area (Å²) in [6.45, 7) is 0.380. The van der Waals surface area contributed by atoms with Crippen LogP contribution in [-0.4, -0.2) is 34.8 Å². The Morgan fingerprint density at radius 1 is 0.778 bits per heavy atom. The zero-order valence-electron chi connectivity index (χ0n) is 14.4. The number of benzene rings is 2. The molecule has 140 valence electrons. The smallest absolute Gasteiger partial charge is 0.231 e. The van der Waals surface area contributed by atoms with Crippen LogP contribution in [0.25, 0.3) is 0 Å². The van der Waals surface area contributed by atoms with Crippen molar-refractivity contribution >= 4 is 5.71 Å². The van der Waals surface area contributed by atoms with Crippen LogP contribution in [0.5, 0.6) is 23.0 Å². The van der Waals surface area contributed by atoms with Gasteiger partial charge in [-0.3, -0.25) is 0 Å². The highest BCUT2D eigenvalue weighted by Gasteiger charge is 2.36. The quantitative estimate of drug-likeness (QED) is 0.619. The van der Waals surface area contributed by atoms with E-state index in [0.717, 1.165) is 11.1 Å².